The maximum atomic E-state index is 11.8. The first-order chi connectivity index (χ1) is 20.7. The fraction of sp³-hybridized carbons (Fsp3) is 0.543. The van der Waals surface area contributed by atoms with Gasteiger partial charge in [0.25, 0.3) is 0 Å². The molecule has 1 saturated carbocycles. The molecule has 3 fully saturated rings. The number of likely N-dealkylation sites (tertiary alicyclic amines) is 2. The van der Waals surface area contributed by atoms with Crippen LogP contribution in [0, 0.1) is 5.92 Å². The van der Waals surface area contributed by atoms with E-state index >= 15 is 0 Å². The number of amides is 1. The molecule has 1 aliphatic carbocycles. The maximum Gasteiger partial charge on any atom is 0.407 e. The largest absolute Gasteiger partial charge is 0.480 e. The zero-order chi connectivity index (χ0) is 31.0. The van der Waals surface area contributed by atoms with Gasteiger partial charge in [-0.3, -0.25) is 9.69 Å². The summed E-state index contributed by atoms with van der Waals surface area (Å²) in [5.74, 6) is -0.0991. The monoisotopic (exact) mass is 595 g/mol. The number of allylic oxidation sites excluding steroid dienone is 1. The number of hydrogen-bond acceptors (Lipinski definition) is 5. The summed E-state index contributed by atoms with van der Waals surface area (Å²) in [7, 11) is 2.09. The lowest BCUT2D eigenvalue weighted by molar-refractivity contribution is -0.145. The van der Waals surface area contributed by atoms with Gasteiger partial charge in [-0.2, -0.15) is 0 Å². The molecule has 2 aliphatic heterocycles. The third-order valence-corrected chi connectivity index (χ3v) is 8.45. The van der Waals surface area contributed by atoms with Gasteiger partial charge in [0.15, 0.2) is 0 Å². The van der Waals surface area contributed by atoms with Gasteiger partial charge < -0.3 is 20.1 Å². The molecule has 2 heterocycles. The molecule has 5 rings (SSSR count). The smallest absolute Gasteiger partial charge is 0.407 e. The van der Waals surface area contributed by atoms with Gasteiger partial charge in [-0.1, -0.05) is 86.5 Å². The quantitative estimate of drug-likeness (QED) is 0.359. The second-order valence-electron chi connectivity index (χ2n) is 12.0. The van der Waals surface area contributed by atoms with E-state index in [1.54, 1.807) is 0 Å². The van der Waals surface area contributed by atoms with Gasteiger partial charge in [-0.15, -0.1) is 0 Å². The molecule has 2 unspecified atom stereocenters. The molecule has 43 heavy (non-hydrogen) atoms. The Bertz CT molecular complexity index is 1100. The minimum Gasteiger partial charge on any atom is -0.480 e. The fourth-order valence-corrected chi connectivity index (χ4v) is 6.21. The SMILES string of the molecule is C=C(C)F.CN1CCC(OC(=O)NCc2ccccc2)CC1.O=C(O)C(C1CCCCC1)N1CCC(c2ccccc2)C1. The van der Waals surface area contributed by atoms with Gasteiger partial charge in [0.05, 0.1) is 5.83 Å². The van der Waals surface area contributed by atoms with Crippen molar-refractivity contribution in [3.05, 3.63) is 84.2 Å². The predicted molar refractivity (Wildman–Crippen MR) is 170 cm³/mol. The topological polar surface area (TPSA) is 82.1 Å². The van der Waals surface area contributed by atoms with Gasteiger partial charge in [-0.05, 0) is 75.6 Å². The van der Waals surface area contributed by atoms with Crippen molar-refractivity contribution in [2.75, 3.05) is 33.2 Å². The molecule has 8 heteroatoms. The lowest BCUT2D eigenvalue weighted by Crippen LogP contribution is -2.45. The summed E-state index contributed by atoms with van der Waals surface area (Å²) in [5.41, 5.74) is 2.44. The third kappa shape index (κ3) is 12.5. The number of alkyl carbamates (subject to hydrolysis) is 1. The molecule has 0 spiro atoms. The van der Waals surface area contributed by atoms with Gasteiger partial charge in [0.1, 0.15) is 12.1 Å². The Balaban J connectivity index is 0.000000212. The number of carboxylic acids is 1. The van der Waals surface area contributed by atoms with Crippen molar-refractivity contribution in [3.8, 4) is 0 Å². The number of hydrogen-bond donors (Lipinski definition) is 2. The van der Waals surface area contributed by atoms with Crippen LogP contribution in [0.3, 0.4) is 0 Å². The first-order valence-electron chi connectivity index (χ1n) is 15.7. The average Bonchev–Trinajstić information content (AvgIpc) is 3.48. The Morgan fingerprint density at radius 2 is 1.53 bits per heavy atom. The highest BCUT2D eigenvalue weighted by Crippen LogP contribution is 2.34. The van der Waals surface area contributed by atoms with E-state index in [9.17, 15) is 19.1 Å². The number of benzene rings is 2. The molecule has 0 radical (unpaired) electrons. The maximum absolute atomic E-state index is 11.8. The molecule has 2 N–H and O–H groups in total. The van der Waals surface area contributed by atoms with Crippen LogP contribution in [-0.4, -0.2) is 72.3 Å². The predicted octanol–water partition coefficient (Wildman–Crippen LogP) is 7.01. The highest BCUT2D eigenvalue weighted by atomic mass is 19.1. The summed E-state index contributed by atoms with van der Waals surface area (Å²) in [4.78, 5) is 27.9. The zero-order valence-electron chi connectivity index (χ0n) is 25.9. The number of carbonyl (C=O) groups excluding carboxylic acids is 1. The summed E-state index contributed by atoms with van der Waals surface area (Å²) in [6.45, 7) is 8.53. The number of nitrogens with zero attached hydrogens (tertiary/aromatic N) is 2. The van der Waals surface area contributed by atoms with E-state index in [1.165, 1.54) is 31.7 Å². The van der Waals surface area contributed by atoms with E-state index in [-0.39, 0.29) is 24.1 Å². The summed E-state index contributed by atoms with van der Waals surface area (Å²) < 4.78 is 16.2. The lowest BCUT2D eigenvalue weighted by atomic mass is 9.83. The molecular weight excluding hydrogens is 545 g/mol. The molecular formula is C35H50FN3O4. The van der Waals surface area contributed by atoms with E-state index in [1.807, 2.05) is 36.4 Å². The van der Waals surface area contributed by atoms with Crippen LogP contribution in [0.4, 0.5) is 9.18 Å². The van der Waals surface area contributed by atoms with Gasteiger partial charge >= 0.3 is 12.1 Å². The van der Waals surface area contributed by atoms with Crippen LogP contribution in [-0.2, 0) is 16.1 Å². The summed E-state index contributed by atoms with van der Waals surface area (Å²) in [5, 5.41) is 12.5. The van der Waals surface area contributed by atoms with Crippen molar-refractivity contribution in [1.82, 2.24) is 15.1 Å². The molecule has 3 aliphatic rings. The Hall–Kier alpha value is -3.23. The number of nitrogens with one attached hydrogen (secondary N) is 1. The Morgan fingerprint density at radius 3 is 2.12 bits per heavy atom. The van der Waals surface area contributed by atoms with Crippen LogP contribution < -0.4 is 5.32 Å². The summed E-state index contributed by atoms with van der Waals surface area (Å²) in [6.07, 6.45) is 8.53. The number of rotatable bonds is 7. The first-order valence-corrected chi connectivity index (χ1v) is 15.7. The van der Waals surface area contributed by atoms with Gasteiger partial charge in [0.2, 0.25) is 0 Å². The van der Waals surface area contributed by atoms with Crippen molar-refractivity contribution in [3.63, 3.8) is 0 Å². The average molecular weight is 596 g/mol. The minimum atomic E-state index is -0.615. The van der Waals surface area contributed by atoms with Crippen molar-refractivity contribution in [2.45, 2.75) is 82.9 Å². The van der Waals surface area contributed by atoms with Crippen LogP contribution in [0.2, 0.25) is 0 Å². The Morgan fingerprint density at radius 1 is 0.953 bits per heavy atom. The second-order valence-corrected chi connectivity index (χ2v) is 12.0. The van der Waals surface area contributed by atoms with Crippen molar-refractivity contribution < 1.29 is 23.8 Å². The van der Waals surface area contributed by atoms with E-state index in [2.05, 4.69) is 53.0 Å². The molecule has 1 amide bonds. The molecule has 2 aromatic rings. The fourth-order valence-electron chi connectivity index (χ4n) is 6.21. The Kier molecular flexibility index (Phi) is 14.7. The van der Waals surface area contributed by atoms with E-state index in [0.29, 0.717) is 18.4 Å². The lowest BCUT2D eigenvalue weighted by Gasteiger charge is -2.33. The highest BCUT2D eigenvalue weighted by Gasteiger charge is 2.38. The third-order valence-electron chi connectivity index (χ3n) is 8.45. The number of aliphatic carboxylic acids is 1. The second kappa shape index (κ2) is 18.4. The molecule has 236 valence electrons. The Labute approximate surface area is 257 Å². The molecule has 0 aromatic heterocycles. The van der Waals surface area contributed by atoms with Crippen LogP contribution in [0.1, 0.15) is 75.3 Å². The normalized spacial score (nSPS) is 20.5. The summed E-state index contributed by atoms with van der Waals surface area (Å²) >= 11 is 0. The van der Waals surface area contributed by atoms with Crippen molar-refractivity contribution in [1.29, 1.82) is 0 Å². The van der Waals surface area contributed by atoms with E-state index < -0.39 is 5.97 Å². The molecule has 2 aromatic carbocycles. The highest BCUT2D eigenvalue weighted by molar-refractivity contribution is 5.74. The zero-order valence-corrected chi connectivity index (χ0v) is 25.9. The van der Waals surface area contributed by atoms with Crippen LogP contribution in [0.5, 0.6) is 0 Å². The van der Waals surface area contributed by atoms with Crippen LogP contribution in [0.15, 0.2) is 73.1 Å². The van der Waals surface area contributed by atoms with Crippen molar-refractivity contribution in [2.24, 2.45) is 5.92 Å². The number of piperidine rings is 1. The number of carbonyl (C=O) groups is 2. The van der Waals surface area contributed by atoms with Crippen LogP contribution in [0.25, 0.3) is 0 Å². The molecule has 7 nitrogen and oxygen atoms in total. The molecule has 0 bridgehead atoms. The first kappa shape index (κ1) is 34.3. The minimum absolute atomic E-state index is 0.0666. The van der Waals surface area contributed by atoms with E-state index in [4.69, 9.17) is 4.74 Å². The van der Waals surface area contributed by atoms with E-state index in [0.717, 1.165) is 63.8 Å². The van der Waals surface area contributed by atoms with Gasteiger partial charge in [0, 0.05) is 26.2 Å². The molecule has 2 saturated heterocycles. The standard InChI is InChI=1S/C18H25NO2.C14H20N2O2.C3H5F/c20-18(21)17(15-9-5-2-6-10-15)19-12-11-16(13-19)14-7-3-1-4-8-14;1-16-9-7-13(8-10-16)18-14(17)15-11-12-5-3-2-4-6-12;1-3(2)4/h1,3-4,7-8,15-17H,2,5-6,9-13H2,(H,20,21);2-6,13H,7-11H2,1H3,(H,15,17);1H2,2H3. The van der Waals surface area contributed by atoms with Crippen molar-refractivity contribution >= 4 is 12.1 Å². The number of carboxylic acid groups (broad SMARTS) is 1. The van der Waals surface area contributed by atoms with Gasteiger partial charge in [-0.25, -0.2) is 9.18 Å². The summed E-state index contributed by atoms with van der Waals surface area (Å²) in [6, 6.07) is 20.1. The van der Waals surface area contributed by atoms with Crippen LogP contribution >= 0.6 is 0 Å². The number of halogens is 1. The number of ether oxygens (including phenoxy) is 1. The molecule has 2 atom stereocenters.